The number of hydrogen-bond acceptors (Lipinski definition) is 5. The molecule has 5 nitrogen and oxygen atoms in total. The highest BCUT2D eigenvalue weighted by Gasteiger charge is 2.39. The molecule has 0 saturated carbocycles. The van der Waals surface area contributed by atoms with Crippen LogP contribution in [-0.2, 0) is 6.54 Å². The van der Waals surface area contributed by atoms with E-state index in [-0.39, 0.29) is 6.67 Å². The molecule has 2 aromatic carbocycles. The lowest BCUT2D eigenvalue weighted by Crippen LogP contribution is -2.55. The summed E-state index contributed by atoms with van der Waals surface area (Å²) >= 11 is 7.26. The minimum Gasteiger partial charge on any atom is -0.625 e. The maximum Gasteiger partial charge on any atom is 0.260 e. The number of quaternary nitrogens is 1. The molecule has 2 aliphatic rings. The van der Waals surface area contributed by atoms with E-state index in [4.69, 9.17) is 4.99 Å². The maximum absolute atomic E-state index is 13.7. The molecule has 0 aromatic heterocycles. The highest BCUT2D eigenvalue weighted by molar-refractivity contribution is 14.1. The van der Waals surface area contributed by atoms with Gasteiger partial charge in [0.1, 0.15) is 11.6 Å². The van der Waals surface area contributed by atoms with E-state index in [1.807, 2.05) is 54.8 Å². The molecule has 2 heterocycles. The van der Waals surface area contributed by atoms with Gasteiger partial charge in [0.25, 0.3) is 5.84 Å². The van der Waals surface area contributed by atoms with Crippen molar-refractivity contribution < 1.29 is 4.65 Å². The molecule has 1 N–H and O–H groups in total. The summed E-state index contributed by atoms with van der Waals surface area (Å²) < 4.78 is 1.54. The summed E-state index contributed by atoms with van der Waals surface area (Å²) in [5.41, 5.74) is 2.55. The number of fused-ring (bicyclic) bond motifs is 1. The molecule has 2 aliphatic heterocycles. The molecule has 1 unspecified atom stereocenters. The molecular formula is C19H16BrIN4OS. The van der Waals surface area contributed by atoms with Gasteiger partial charge in [-0.2, -0.15) is 4.99 Å². The fraction of sp³-hybridized carbons (Fsp3) is 0.158. The standard InChI is InChI=1S/C19H16BrIN4OS/c1-27-19-16-18(24-17(23-16)13-5-7-14(20)8-6-13)25(26,11-22-19)10-12-3-2-4-15(21)9-12/h2-9,22H,10-11H2,1H3. The van der Waals surface area contributed by atoms with Crippen LogP contribution in [0.1, 0.15) is 11.1 Å². The van der Waals surface area contributed by atoms with Gasteiger partial charge in [-0.15, -0.1) is 11.8 Å². The third-order valence-electron chi connectivity index (χ3n) is 4.37. The Hall–Kier alpha value is -1.20. The van der Waals surface area contributed by atoms with E-state index in [1.54, 1.807) is 11.8 Å². The van der Waals surface area contributed by atoms with Crippen molar-refractivity contribution in [3.63, 3.8) is 0 Å². The van der Waals surface area contributed by atoms with Crippen LogP contribution in [0.2, 0.25) is 0 Å². The Bertz CT molecular complexity index is 989. The second-order valence-corrected chi connectivity index (χ2v) is 9.25. The minimum atomic E-state index is -0.566. The van der Waals surface area contributed by atoms with Crippen molar-refractivity contribution in [1.29, 1.82) is 0 Å². The van der Waals surface area contributed by atoms with E-state index in [1.165, 1.54) is 0 Å². The zero-order valence-corrected chi connectivity index (χ0v) is 19.0. The Morgan fingerprint density at radius 3 is 2.70 bits per heavy atom. The normalized spacial score (nSPS) is 21.5. The number of aliphatic imine (C=N–C) groups is 2. The second-order valence-electron chi connectivity index (χ2n) is 6.27. The molecule has 138 valence electrons. The molecule has 27 heavy (non-hydrogen) atoms. The average molecular weight is 555 g/mol. The van der Waals surface area contributed by atoms with Crippen molar-refractivity contribution in [3.8, 4) is 0 Å². The van der Waals surface area contributed by atoms with Crippen LogP contribution >= 0.6 is 50.3 Å². The molecule has 0 amide bonds. The van der Waals surface area contributed by atoms with Crippen molar-refractivity contribution in [1.82, 2.24) is 5.32 Å². The lowest BCUT2D eigenvalue weighted by Gasteiger charge is -2.44. The third-order valence-corrected chi connectivity index (χ3v) is 6.32. The molecule has 0 saturated heterocycles. The molecule has 0 aliphatic carbocycles. The van der Waals surface area contributed by atoms with Crippen molar-refractivity contribution in [2.45, 2.75) is 6.54 Å². The first-order valence-electron chi connectivity index (χ1n) is 8.27. The smallest absolute Gasteiger partial charge is 0.260 e. The monoisotopic (exact) mass is 554 g/mol. The molecule has 2 aromatic rings. The van der Waals surface area contributed by atoms with Crippen molar-refractivity contribution >= 4 is 62.0 Å². The highest BCUT2D eigenvalue weighted by atomic mass is 127. The molecular weight excluding hydrogens is 539 g/mol. The number of nitrogens with zero attached hydrogens (tertiary/aromatic N) is 3. The fourth-order valence-corrected chi connectivity index (χ4v) is 4.50. The number of hydroxylamine groups is 3. The van der Waals surface area contributed by atoms with Gasteiger partial charge in [-0.05, 0) is 53.1 Å². The molecule has 8 heteroatoms. The van der Waals surface area contributed by atoms with E-state index in [0.717, 1.165) is 24.2 Å². The number of rotatable bonds is 4. The van der Waals surface area contributed by atoms with Crippen LogP contribution in [0.15, 0.2) is 73.7 Å². The van der Waals surface area contributed by atoms with Gasteiger partial charge in [0.05, 0.1) is 0 Å². The first kappa shape index (κ1) is 19.1. The fourth-order valence-electron chi connectivity index (χ4n) is 3.09. The topological polar surface area (TPSA) is 59.8 Å². The predicted octanol–water partition coefficient (Wildman–Crippen LogP) is 4.82. The highest BCUT2D eigenvalue weighted by Crippen LogP contribution is 2.32. The van der Waals surface area contributed by atoms with Gasteiger partial charge in [0.2, 0.25) is 0 Å². The summed E-state index contributed by atoms with van der Waals surface area (Å²) in [5.74, 6) is 1.07. The first-order valence-corrected chi connectivity index (χ1v) is 11.4. The Labute approximate surface area is 184 Å². The predicted molar refractivity (Wildman–Crippen MR) is 123 cm³/mol. The number of benzene rings is 2. The Balaban J connectivity index is 1.74. The van der Waals surface area contributed by atoms with E-state index in [9.17, 15) is 5.21 Å². The molecule has 0 radical (unpaired) electrons. The van der Waals surface area contributed by atoms with E-state index < -0.39 is 4.65 Å². The number of amidine groups is 2. The molecule has 4 rings (SSSR count). The van der Waals surface area contributed by atoms with Gasteiger partial charge in [-0.25, -0.2) is 4.99 Å². The number of hydrogen-bond donors (Lipinski definition) is 1. The van der Waals surface area contributed by atoms with E-state index in [2.05, 4.69) is 48.8 Å². The van der Waals surface area contributed by atoms with Crippen LogP contribution in [0, 0.1) is 8.78 Å². The zero-order valence-electron chi connectivity index (χ0n) is 14.4. The van der Waals surface area contributed by atoms with E-state index in [0.29, 0.717) is 23.9 Å². The van der Waals surface area contributed by atoms with Crippen LogP contribution < -0.4 is 5.32 Å². The summed E-state index contributed by atoms with van der Waals surface area (Å²) in [6.45, 7) is 0.560. The van der Waals surface area contributed by atoms with Crippen molar-refractivity contribution in [2.75, 3.05) is 12.9 Å². The third kappa shape index (κ3) is 3.86. The van der Waals surface area contributed by atoms with Crippen LogP contribution in [-0.4, -0.2) is 29.2 Å². The Morgan fingerprint density at radius 1 is 1.22 bits per heavy atom. The number of halogens is 2. The summed E-state index contributed by atoms with van der Waals surface area (Å²) in [7, 11) is 0. The van der Waals surface area contributed by atoms with Crippen LogP contribution in [0.5, 0.6) is 0 Å². The number of nitrogens with one attached hydrogen (secondary N) is 1. The first-order chi connectivity index (χ1) is 13.0. The lowest BCUT2D eigenvalue weighted by molar-refractivity contribution is -0.807. The summed E-state index contributed by atoms with van der Waals surface area (Å²) in [4.78, 5) is 9.37. The van der Waals surface area contributed by atoms with Gasteiger partial charge in [0.15, 0.2) is 18.2 Å². The quantitative estimate of drug-likeness (QED) is 0.335. The average Bonchev–Trinajstić information content (AvgIpc) is 3.09. The van der Waals surface area contributed by atoms with Gasteiger partial charge in [0, 0.05) is 19.2 Å². The summed E-state index contributed by atoms with van der Waals surface area (Å²) in [6, 6.07) is 15.8. The molecule has 1 atom stereocenters. The Kier molecular flexibility index (Phi) is 5.43. The molecule has 0 bridgehead atoms. The van der Waals surface area contributed by atoms with E-state index >= 15 is 0 Å². The van der Waals surface area contributed by atoms with Crippen molar-refractivity contribution in [3.05, 3.63) is 83.6 Å². The van der Waals surface area contributed by atoms with Crippen LogP contribution in [0.25, 0.3) is 0 Å². The SMILES string of the molecule is CSC1=C2N=C(c3ccc(Br)cc3)N=C2[N+]([O-])(Cc2cccc(I)c2)CN1. The maximum atomic E-state index is 13.7. The van der Waals surface area contributed by atoms with Gasteiger partial charge in [-0.3, -0.25) is 4.65 Å². The minimum absolute atomic E-state index is 0.243. The summed E-state index contributed by atoms with van der Waals surface area (Å²) in [5, 5.41) is 17.9. The van der Waals surface area contributed by atoms with Crippen molar-refractivity contribution in [2.24, 2.45) is 9.98 Å². The van der Waals surface area contributed by atoms with Crippen LogP contribution in [0.3, 0.4) is 0 Å². The molecule has 0 spiro atoms. The largest absolute Gasteiger partial charge is 0.625 e. The van der Waals surface area contributed by atoms with Gasteiger partial charge < -0.3 is 10.5 Å². The lowest BCUT2D eigenvalue weighted by atomic mass is 10.2. The van der Waals surface area contributed by atoms with Gasteiger partial charge in [-0.1, -0.05) is 40.2 Å². The number of thioether (sulfide) groups is 1. The molecule has 0 fully saturated rings. The Morgan fingerprint density at radius 2 is 2.00 bits per heavy atom. The zero-order chi connectivity index (χ0) is 19.0. The summed E-state index contributed by atoms with van der Waals surface area (Å²) in [6.07, 6.45) is 1.98. The second kappa shape index (κ2) is 7.67. The van der Waals surface area contributed by atoms with Gasteiger partial charge >= 0.3 is 0 Å². The van der Waals surface area contributed by atoms with Crippen LogP contribution in [0.4, 0.5) is 0 Å².